The van der Waals surface area contributed by atoms with E-state index in [4.69, 9.17) is 21.7 Å². The van der Waals surface area contributed by atoms with Crippen molar-refractivity contribution in [1.29, 1.82) is 0 Å². The maximum absolute atomic E-state index is 13.6. The molecule has 38 heavy (non-hydrogen) atoms. The van der Waals surface area contributed by atoms with Crippen LogP contribution in [0.15, 0.2) is 72.6 Å². The van der Waals surface area contributed by atoms with Crippen LogP contribution >= 0.6 is 24.0 Å². The molecule has 1 fully saturated rings. The van der Waals surface area contributed by atoms with E-state index in [1.54, 1.807) is 26.8 Å². The molecule has 11 heteroatoms. The molecule has 1 aliphatic heterocycles. The zero-order valence-corrected chi connectivity index (χ0v) is 22.8. The summed E-state index contributed by atoms with van der Waals surface area (Å²) >= 11 is 7.03. The first kappa shape index (κ1) is 29.0. The average Bonchev–Trinajstić information content (AvgIpc) is 2.87. The Hall–Kier alpha value is -3.57. The van der Waals surface area contributed by atoms with Gasteiger partial charge < -0.3 is 9.47 Å². The molecule has 0 bridgehead atoms. The first-order chi connectivity index (χ1) is 17.9. The topological polar surface area (TPSA) is 99.0 Å². The number of benzene rings is 2. The summed E-state index contributed by atoms with van der Waals surface area (Å²) in [5.41, 5.74) is -0.403. The Balaban J connectivity index is 2.05. The molecule has 0 aliphatic carbocycles. The van der Waals surface area contributed by atoms with Gasteiger partial charge in [0.15, 0.2) is 5.76 Å². The van der Waals surface area contributed by atoms with E-state index in [0.29, 0.717) is 11.3 Å². The fourth-order valence-electron chi connectivity index (χ4n) is 3.36. The van der Waals surface area contributed by atoms with Crippen LogP contribution in [-0.2, 0) is 20.9 Å². The summed E-state index contributed by atoms with van der Waals surface area (Å²) in [6, 6.07) is 10.8. The number of ketones is 1. The van der Waals surface area contributed by atoms with Gasteiger partial charge in [0.25, 0.3) is 5.69 Å². The third-order valence-electron chi connectivity index (χ3n) is 5.40. The van der Waals surface area contributed by atoms with Gasteiger partial charge in [0.05, 0.1) is 16.7 Å². The van der Waals surface area contributed by atoms with Crippen molar-refractivity contribution in [2.75, 3.05) is 5.75 Å². The molecule has 0 N–H and O–H groups in total. The van der Waals surface area contributed by atoms with Gasteiger partial charge in [0, 0.05) is 23.3 Å². The molecule has 200 valence electrons. The Morgan fingerprint density at radius 2 is 1.87 bits per heavy atom. The lowest BCUT2D eigenvalue weighted by atomic mass is 9.88. The SMILES string of the molecule is C=CCSC1CC(=O)N1C(C(=S)OCc1ccc([N+](=O)[O-])cc1)=C(Oc1ccc(F)cc1)C(=O)C(C)(C)C. The fraction of sp³-hybridized carbons (Fsp3) is 0.296. The van der Waals surface area contributed by atoms with Crippen molar-refractivity contribution < 1.29 is 28.4 Å². The summed E-state index contributed by atoms with van der Waals surface area (Å²) in [7, 11) is 0. The Bertz CT molecular complexity index is 1270. The van der Waals surface area contributed by atoms with E-state index in [0.717, 1.165) is 0 Å². The lowest BCUT2D eigenvalue weighted by molar-refractivity contribution is -0.384. The Morgan fingerprint density at radius 3 is 2.39 bits per heavy atom. The van der Waals surface area contributed by atoms with Crippen molar-refractivity contribution in [3.63, 3.8) is 0 Å². The molecule has 1 saturated heterocycles. The highest BCUT2D eigenvalue weighted by molar-refractivity contribution is 8.00. The molecule has 0 spiro atoms. The molecular weight excluding hydrogens is 531 g/mol. The number of nitrogens with zero attached hydrogens (tertiary/aromatic N) is 2. The number of Topliss-reactive ketones (excluding diaryl/α,β-unsaturated/α-hetero) is 1. The second-order valence-electron chi connectivity index (χ2n) is 9.36. The monoisotopic (exact) mass is 558 g/mol. The Morgan fingerprint density at radius 1 is 1.24 bits per heavy atom. The van der Waals surface area contributed by atoms with E-state index in [1.807, 2.05) is 0 Å². The Labute approximate surface area is 229 Å². The highest BCUT2D eigenvalue weighted by atomic mass is 32.2. The van der Waals surface area contributed by atoms with Gasteiger partial charge in [-0.05, 0) is 54.2 Å². The van der Waals surface area contributed by atoms with Crippen molar-refractivity contribution in [3.05, 3.63) is 94.1 Å². The smallest absolute Gasteiger partial charge is 0.269 e. The van der Waals surface area contributed by atoms with Gasteiger partial charge in [-0.2, -0.15) is 0 Å². The van der Waals surface area contributed by atoms with E-state index in [9.17, 15) is 24.1 Å². The number of thioether (sulfide) groups is 1. The largest absolute Gasteiger partial charge is 0.477 e. The first-order valence-electron chi connectivity index (χ1n) is 11.6. The first-order valence-corrected chi connectivity index (χ1v) is 13.1. The summed E-state index contributed by atoms with van der Waals surface area (Å²) in [5.74, 6) is -0.659. The fourth-order valence-corrected chi connectivity index (χ4v) is 4.60. The van der Waals surface area contributed by atoms with Crippen LogP contribution in [0.2, 0.25) is 0 Å². The summed E-state index contributed by atoms with van der Waals surface area (Å²) in [6.07, 6.45) is 1.93. The van der Waals surface area contributed by atoms with Crippen LogP contribution in [0.25, 0.3) is 0 Å². The number of amides is 1. The normalized spacial score (nSPS) is 15.7. The Kier molecular flexibility index (Phi) is 9.40. The van der Waals surface area contributed by atoms with Crippen molar-refractivity contribution in [1.82, 2.24) is 4.90 Å². The number of carbonyl (C=O) groups excluding carboxylic acids is 2. The number of thiocarbonyl (C=S) groups is 1. The third-order valence-corrected chi connectivity index (χ3v) is 6.90. The van der Waals surface area contributed by atoms with Gasteiger partial charge in [-0.25, -0.2) is 4.39 Å². The van der Waals surface area contributed by atoms with Crippen LogP contribution < -0.4 is 4.74 Å². The highest BCUT2D eigenvalue weighted by Gasteiger charge is 2.44. The third kappa shape index (κ3) is 7.05. The number of non-ortho nitro benzene ring substituents is 1. The van der Waals surface area contributed by atoms with Crippen LogP contribution in [0, 0.1) is 21.3 Å². The lowest BCUT2D eigenvalue weighted by Crippen LogP contribution is -2.53. The summed E-state index contributed by atoms with van der Waals surface area (Å²) in [4.78, 5) is 38.3. The number of hydrogen-bond donors (Lipinski definition) is 0. The van der Waals surface area contributed by atoms with Crippen molar-refractivity contribution in [2.45, 2.75) is 39.2 Å². The number of β-lactam (4-membered cyclic amide) rings is 1. The number of carbonyl (C=O) groups is 2. The predicted molar refractivity (Wildman–Crippen MR) is 147 cm³/mol. The summed E-state index contributed by atoms with van der Waals surface area (Å²) < 4.78 is 25.4. The minimum absolute atomic E-state index is 0.00368. The van der Waals surface area contributed by atoms with Crippen LogP contribution in [0.3, 0.4) is 0 Å². The summed E-state index contributed by atoms with van der Waals surface area (Å²) in [5, 5.41) is 10.4. The second-order valence-corrected chi connectivity index (χ2v) is 10.9. The van der Waals surface area contributed by atoms with Gasteiger partial charge in [0.2, 0.25) is 16.7 Å². The van der Waals surface area contributed by atoms with Crippen molar-refractivity contribution in [3.8, 4) is 5.75 Å². The van der Waals surface area contributed by atoms with E-state index in [1.165, 1.54) is 65.2 Å². The van der Waals surface area contributed by atoms with Crippen LogP contribution in [0.5, 0.6) is 5.75 Å². The van der Waals surface area contributed by atoms with Crippen molar-refractivity contribution in [2.24, 2.45) is 5.41 Å². The molecule has 1 aliphatic rings. The lowest BCUT2D eigenvalue weighted by Gasteiger charge is -2.41. The minimum Gasteiger partial charge on any atom is -0.477 e. The molecule has 0 aromatic heterocycles. The molecule has 1 amide bonds. The van der Waals surface area contributed by atoms with Gasteiger partial charge in [-0.1, -0.05) is 26.8 Å². The van der Waals surface area contributed by atoms with Crippen molar-refractivity contribution >= 4 is 46.4 Å². The molecule has 2 aromatic rings. The number of nitro groups is 1. The van der Waals surface area contributed by atoms with Crippen LogP contribution in [0.4, 0.5) is 10.1 Å². The molecular formula is C27H27FN2O6S2. The van der Waals surface area contributed by atoms with Gasteiger partial charge in [0.1, 0.15) is 23.9 Å². The number of nitro benzene ring substituents is 1. The molecule has 3 rings (SSSR count). The zero-order valence-electron chi connectivity index (χ0n) is 21.1. The molecule has 8 nitrogen and oxygen atoms in total. The summed E-state index contributed by atoms with van der Waals surface area (Å²) in [6.45, 7) is 8.74. The maximum atomic E-state index is 13.6. The van der Waals surface area contributed by atoms with E-state index in [2.05, 4.69) is 6.58 Å². The molecule has 0 saturated carbocycles. The van der Waals surface area contributed by atoms with Crippen LogP contribution in [0.1, 0.15) is 32.8 Å². The maximum Gasteiger partial charge on any atom is 0.269 e. The number of hydrogen-bond acceptors (Lipinski definition) is 8. The van der Waals surface area contributed by atoms with E-state index >= 15 is 0 Å². The highest BCUT2D eigenvalue weighted by Crippen LogP contribution is 2.37. The minimum atomic E-state index is -0.924. The molecule has 1 heterocycles. The molecule has 1 atom stereocenters. The number of ether oxygens (including phenoxy) is 2. The standard InChI is InChI=1S/C27H27FN2O6S2/c1-5-14-38-22-15-21(31)29(22)23(26(37)35-16-17-6-10-19(11-7-17)30(33)34)24(25(32)27(2,3)4)36-20-12-8-18(28)9-13-20/h5-13,22H,1,14-16H2,2-4H3. The van der Waals surface area contributed by atoms with E-state index < -0.39 is 21.9 Å². The average molecular weight is 559 g/mol. The molecule has 0 radical (unpaired) electrons. The predicted octanol–water partition coefficient (Wildman–Crippen LogP) is 5.96. The number of halogens is 1. The van der Waals surface area contributed by atoms with Gasteiger partial charge >= 0.3 is 0 Å². The van der Waals surface area contributed by atoms with Crippen LogP contribution in [-0.4, -0.2) is 37.7 Å². The van der Waals surface area contributed by atoms with Gasteiger partial charge in [-0.3, -0.25) is 24.6 Å². The van der Waals surface area contributed by atoms with Gasteiger partial charge in [-0.15, -0.1) is 18.3 Å². The number of allylic oxidation sites excluding steroid dienone is 1. The second kappa shape index (κ2) is 12.3. The zero-order chi connectivity index (χ0) is 28.0. The quantitative estimate of drug-likeness (QED) is 0.0634. The molecule has 1 unspecified atom stereocenters. The molecule has 2 aromatic carbocycles. The van der Waals surface area contributed by atoms with E-state index in [-0.39, 0.29) is 52.3 Å². The number of rotatable bonds is 11. The number of likely N-dealkylation sites (tertiary alicyclic amines) is 1.